The van der Waals surface area contributed by atoms with E-state index in [4.69, 9.17) is 10.00 Å². The Bertz CT molecular complexity index is 630. The van der Waals surface area contributed by atoms with E-state index in [1.54, 1.807) is 24.3 Å². The van der Waals surface area contributed by atoms with Gasteiger partial charge in [0.05, 0.1) is 18.4 Å². The summed E-state index contributed by atoms with van der Waals surface area (Å²) in [5, 5.41) is 11.4. The van der Waals surface area contributed by atoms with E-state index in [9.17, 15) is 4.79 Å². The lowest BCUT2D eigenvalue weighted by Gasteiger charge is -2.09. The van der Waals surface area contributed by atoms with Crippen LogP contribution in [-0.4, -0.2) is 18.0 Å². The molecule has 94 valence electrons. The molecule has 19 heavy (non-hydrogen) atoms. The Labute approximate surface area is 110 Å². The van der Waals surface area contributed by atoms with Crippen molar-refractivity contribution in [3.05, 3.63) is 53.9 Å². The summed E-state index contributed by atoms with van der Waals surface area (Å²) in [4.78, 5) is 15.8. The smallest absolute Gasteiger partial charge is 0.257 e. The maximum atomic E-state index is 12.0. The Morgan fingerprint density at radius 1 is 1.32 bits per heavy atom. The predicted molar refractivity (Wildman–Crippen MR) is 69.9 cm³/mol. The van der Waals surface area contributed by atoms with Crippen LogP contribution in [0.1, 0.15) is 16.1 Å². The van der Waals surface area contributed by atoms with Crippen LogP contribution in [0.4, 0.5) is 5.69 Å². The summed E-state index contributed by atoms with van der Waals surface area (Å²) in [5.74, 6) is 0.277. The first-order valence-electron chi connectivity index (χ1n) is 5.55. The molecule has 5 heteroatoms. The van der Waals surface area contributed by atoms with Gasteiger partial charge in [0.2, 0.25) is 0 Å². The van der Waals surface area contributed by atoms with Crippen molar-refractivity contribution in [3.8, 4) is 11.8 Å². The summed E-state index contributed by atoms with van der Waals surface area (Å²) < 4.78 is 5.15. The summed E-state index contributed by atoms with van der Waals surface area (Å²) in [7, 11) is 1.54. The lowest BCUT2D eigenvalue weighted by atomic mass is 10.2. The fourth-order valence-electron chi connectivity index (χ4n) is 1.54. The number of aromatic nitrogens is 1. The molecule has 1 amide bonds. The first-order valence-corrected chi connectivity index (χ1v) is 5.55. The molecule has 2 aromatic rings. The number of carbonyl (C=O) groups excluding carboxylic acids is 1. The van der Waals surface area contributed by atoms with Gasteiger partial charge in [0, 0.05) is 6.20 Å². The van der Waals surface area contributed by atoms with Crippen LogP contribution in [0.15, 0.2) is 42.6 Å². The maximum absolute atomic E-state index is 12.0. The average Bonchev–Trinajstić information content (AvgIpc) is 2.48. The van der Waals surface area contributed by atoms with E-state index < -0.39 is 0 Å². The van der Waals surface area contributed by atoms with Gasteiger partial charge in [-0.25, -0.2) is 4.98 Å². The average molecular weight is 253 g/mol. The molecule has 0 fully saturated rings. The summed E-state index contributed by atoms with van der Waals surface area (Å²) in [6, 6.07) is 12.1. The van der Waals surface area contributed by atoms with Gasteiger partial charge in [-0.3, -0.25) is 4.79 Å². The Morgan fingerprint density at radius 2 is 2.11 bits per heavy atom. The van der Waals surface area contributed by atoms with Crippen molar-refractivity contribution >= 4 is 11.6 Å². The van der Waals surface area contributed by atoms with Gasteiger partial charge >= 0.3 is 0 Å². The second-order valence-electron chi connectivity index (χ2n) is 3.70. The molecule has 1 heterocycles. The molecule has 0 aliphatic rings. The van der Waals surface area contributed by atoms with Crippen LogP contribution < -0.4 is 10.1 Å². The Morgan fingerprint density at radius 3 is 2.74 bits per heavy atom. The number of nitrogens with zero attached hydrogens (tertiary/aromatic N) is 2. The van der Waals surface area contributed by atoms with Gasteiger partial charge in [0.1, 0.15) is 17.5 Å². The van der Waals surface area contributed by atoms with Crippen LogP contribution in [-0.2, 0) is 0 Å². The Kier molecular flexibility index (Phi) is 3.74. The molecule has 1 N–H and O–H groups in total. The third-order valence-corrected chi connectivity index (χ3v) is 2.50. The van der Waals surface area contributed by atoms with Crippen LogP contribution in [0.5, 0.6) is 5.75 Å². The molecule has 0 unspecified atom stereocenters. The highest BCUT2D eigenvalue weighted by atomic mass is 16.5. The molecule has 0 saturated heterocycles. The quantitative estimate of drug-likeness (QED) is 0.910. The number of para-hydroxylation sites is 2. The standard InChI is InChI=1S/C14H11N3O2/c1-19-13-5-3-2-4-12(13)17-14(18)10-6-7-11(8-15)16-9-10/h2-7,9H,1H3,(H,17,18). The molecule has 0 spiro atoms. The largest absolute Gasteiger partial charge is 0.495 e. The lowest BCUT2D eigenvalue weighted by molar-refractivity contribution is 0.102. The summed E-state index contributed by atoms with van der Waals surface area (Å²) in [5.41, 5.74) is 1.23. The Hall–Kier alpha value is -2.87. The van der Waals surface area contributed by atoms with Crippen molar-refractivity contribution in [1.29, 1.82) is 5.26 Å². The third-order valence-electron chi connectivity index (χ3n) is 2.50. The number of nitrogens with one attached hydrogen (secondary N) is 1. The lowest BCUT2D eigenvalue weighted by Crippen LogP contribution is -2.13. The van der Waals surface area contributed by atoms with Gasteiger partial charge in [0.25, 0.3) is 5.91 Å². The number of nitriles is 1. The molecular weight excluding hydrogens is 242 g/mol. The van der Waals surface area contributed by atoms with Gasteiger partial charge in [-0.15, -0.1) is 0 Å². The minimum absolute atomic E-state index is 0.272. The molecule has 1 aromatic carbocycles. The van der Waals surface area contributed by atoms with Crippen molar-refractivity contribution in [2.75, 3.05) is 12.4 Å². The zero-order valence-electron chi connectivity index (χ0n) is 10.3. The molecule has 1 aromatic heterocycles. The number of carbonyl (C=O) groups is 1. The van der Waals surface area contributed by atoms with E-state index in [1.807, 2.05) is 12.1 Å². The maximum Gasteiger partial charge on any atom is 0.257 e. The summed E-state index contributed by atoms with van der Waals surface area (Å²) in [6.07, 6.45) is 1.36. The normalized spacial score (nSPS) is 9.47. The van der Waals surface area contributed by atoms with Gasteiger partial charge < -0.3 is 10.1 Å². The number of pyridine rings is 1. The third kappa shape index (κ3) is 2.87. The molecule has 0 radical (unpaired) electrons. The SMILES string of the molecule is COc1ccccc1NC(=O)c1ccc(C#N)nc1. The molecule has 0 aliphatic carbocycles. The molecule has 0 aliphatic heterocycles. The minimum atomic E-state index is -0.304. The van der Waals surface area contributed by atoms with E-state index in [0.29, 0.717) is 17.0 Å². The zero-order valence-corrected chi connectivity index (χ0v) is 10.3. The van der Waals surface area contributed by atoms with Crippen LogP contribution in [0.2, 0.25) is 0 Å². The number of anilines is 1. The number of methoxy groups -OCH3 is 1. The Balaban J connectivity index is 2.18. The number of benzene rings is 1. The van der Waals surface area contributed by atoms with Crippen molar-refractivity contribution in [2.24, 2.45) is 0 Å². The van der Waals surface area contributed by atoms with E-state index >= 15 is 0 Å². The van der Waals surface area contributed by atoms with Crippen LogP contribution in [0, 0.1) is 11.3 Å². The molecule has 0 bridgehead atoms. The minimum Gasteiger partial charge on any atom is -0.495 e. The second-order valence-corrected chi connectivity index (χ2v) is 3.70. The topological polar surface area (TPSA) is 75.0 Å². The zero-order chi connectivity index (χ0) is 13.7. The second kappa shape index (κ2) is 5.65. The van der Waals surface area contributed by atoms with Gasteiger partial charge in [-0.05, 0) is 24.3 Å². The fraction of sp³-hybridized carbons (Fsp3) is 0.0714. The molecule has 5 nitrogen and oxygen atoms in total. The highest BCUT2D eigenvalue weighted by Gasteiger charge is 2.09. The first kappa shape index (κ1) is 12.6. The monoisotopic (exact) mass is 253 g/mol. The van der Waals surface area contributed by atoms with Gasteiger partial charge in [-0.1, -0.05) is 12.1 Å². The van der Waals surface area contributed by atoms with E-state index in [0.717, 1.165) is 0 Å². The number of amides is 1. The van der Waals surface area contributed by atoms with Crippen molar-refractivity contribution in [3.63, 3.8) is 0 Å². The van der Waals surface area contributed by atoms with Crippen LogP contribution >= 0.6 is 0 Å². The van der Waals surface area contributed by atoms with Crippen LogP contribution in [0.3, 0.4) is 0 Å². The van der Waals surface area contributed by atoms with Crippen molar-refractivity contribution in [1.82, 2.24) is 4.98 Å². The van der Waals surface area contributed by atoms with Crippen molar-refractivity contribution < 1.29 is 9.53 Å². The molecular formula is C14H11N3O2. The summed E-state index contributed by atoms with van der Waals surface area (Å²) >= 11 is 0. The molecule has 0 atom stereocenters. The first-order chi connectivity index (χ1) is 9.24. The van der Waals surface area contributed by atoms with Crippen LogP contribution in [0.25, 0.3) is 0 Å². The number of hydrogen-bond acceptors (Lipinski definition) is 4. The van der Waals surface area contributed by atoms with Crippen molar-refractivity contribution in [2.45, 2.75) is 0 Å². The highest BCUT2D eigenvalue weighted by Crippen LogP contribution is 2.23. The van der Waals surface area contributed by atoms with E-state index in [-0.39, 0.29) is 11.6 Å². The number of rotatable bonds is 3. The molecule has 0 saturated carbocycles. The van der Waals surface area contributed by atoms with E-state index in [1.165, 1.54) is 19.4 Å². The van der Waals surface area contributed by atoms with Gasteiger partial charge in [-0.2, -0.15) is 5.26 Å². The number of ether oxygens (including phenoxy) is 1. The predicted octanol–water partition coefficient (Wildman–Crippen LogP) is 2.21. The number of hydrogen-bond donors (Lipinski definition) is 1. The highest BCUT2D eigenvalue weighted by molar-refractivity contribution is 6.04. The molecule has 2 rings (SSSR count). The van der Waals surface area contributed by atoms with E-state index in [2.05, 4.69) is 10.3 Å². The summed E-state index contributed by atoms with van der Waals surface area (Å²) in [6.45, 7) is 0. The fourth-order valence-corrected chi connectivity index (χ4v) is 1.54. The van der Waals surface area contributed by atoms with Gasteiger partial charge in [0.15, 0.2) is 0 Å².